The van der Waals surface area contributed by atoms with Crippen molar-refractivity contribution in [2.45, 2.75) is 12.5 Å². The lowest BCUT2D eigenvalue weighted by molar-refractivity contribution is 0.104. The monoisotopic (exact) mass is 240 g/mol. The maximum Gasteiger partial charge on any atom is 0.198 e. The van der Waals surface area contributed by atoms with Gasteiger partial charge in [-0.15, -0.1) is 0 Å². The maximum atomic E-state index is 5.98. The molecule has 5 heteroatoms. The van der Waals surface area contributed by atoms with Crippen LogP contribution in [0.2, 0.25) is 5.02 Å². The van der Waals surface area contributed by atoms with E-state index >= 15 is 0 Å². The summed E-state index contributed by atoms with van der Waals surface area (Å²) in [6.07, 6.45) is 0.477. The number of fused-ring (bicyclic) bond motifs is 1. The van der Waals surface area contributed by atoms with Gasteiger partial charge in [0.1, 0.15) is 5.52 Å². The molecule has 0 aliphatic heterocycles. The van der Waals surface area contributed by atoms with Crippen molar-refractivity contribution in [3.8, 4) is 0 Å². The molecule has 2 rings (SSSR count). The predicted octanol–water partition coefficient (Wildman–Crippen LogP) is 2.00. The Kier molecular flexibility index (Phi) is 3.43. The fourth-order valence-corrected chi connectivity index (χ4v) is 1.71. The van der Waals surface area contributed by atoms with Gasteiger partial charge in [-0.3, -0.25) is 0 Å². The highest BCUT2D eigenvalue weighted by molar-refractivity contribution is 6.34. The smallest absolute Gasteiger partial charge is 0.198 e. The first-order valence-electron chi connectivity index (χ1n) is 5.01. The van der Waals surface area contributed by atoms with E-state index < -0.39 is 0 Å². The van der Waals surface area contributed by atoms with E-state index in [1.165, 1.54) is 0 Å². The molecular formula is C11H13ClN2O2. The van der Waals surface area contributed by atoms with E-state index in [0.29, 0.717) is 29.5 Å². The fourth-order valence-electron chi connectivity index (χ4n) is 1.51. The number of hydrogen-bond acceptors (Lipinski definition) is 4. The van der Waals surface area contributed by atoms with Crippen molar-refractivity contribution in [3.05, 3.63) is 29.1 Å². The number of hydrogen-bond donors (Lipinski definition) is 1. The first kappa shape index (κ1) is 11.4. The minimum Gasteiger partial charge on any atom is -0.439 e. The number of rotatable bonds is 4. The maximum absolute atomic E-state index is 5.98. The van der Waals surface area contributed by atoms with Crippen LogP contribution >= 0.6 is 11.6 Å². The van der Waals surface area contributed by atoms with E-state index in [1.54, 1.807) is 13.2 Å². The highest BCUT2D eigenvalue weighted by Gasteiger charge is 2.13. The number of ether oxygens (including phenoxy) is 1. The third kappa shape index (κ3) is 2.19. The van der Waals surface area contributed by atoms with E-state index in [9.17, 15) is 0 Å². The highest BCUT2D eigenvalue weighted by atomic mass is 35.5. The van der Waals surface area contributed by atoms with Crippen molar-refractivity contribution < 1.29 is 9.15 Å². The number of oxazole rings is 1. The normalized spacial score (nSPS) is 13.2. The molecule has 0 radical (unpaired) electrons. The average Bonchev–Trinajstić information content (AvgIpc) is 2.70. The van der Waals surface area contributed by atoms with Crippen LogP contribution in [0.25, 0.3) is 11.1 Å². The third-order valence-corrected chi connectivity index (χ3v) is 2.71. The van der Waals surface area contributed by atoms with E-state index in [0.717, 1.165) is 5.52 Å². The first-order valence-corrected chi connectivity index (χ1v) is 5.39. The average molecular weight is 241 g/mol. The number of aromatic nitrogens is 1. The van der Waals surface area contributed by atoms with Gasteiger partial charge in [0.15, 0.2) is 11.5 Å². The predicted molar refractivity (Wildman–Crippen MR) is 62.6 cm³/mol. The van der Waals surface area contributed by atoms with Crippen LogP contribution in [-0.2, 0) is 11.2 Å². The number of halogens is 1. The van der Waals surface area contributed by atoms with Crippen LogP contribution in [0.15, 0.2) is 22.6 Å². The minimum atomic E-state index is -0.0770. The quantitative estimate of drug-likeness (QED) is 0.888. The molecule has 0 aliphatic rings. The van der Waals surface area contributed by atoms with Crippen LogP contribution in [0.5, 0.6) is 0 Å². The molecule has 2 N–H and O–H groups in total. The van der Waals surface area contributed by atoms with Gasteiger partial charge in [-0.2, -0.15) is 0 Å². The van der Waals surface area contributed by atoms with E-state index in [1.807, 2.05) is 12.1 Å². The van der Waals surface area contributed by atoms with Gasteiger partial charge in [0.2, 0.25) is 0 Å². The topological polar surface area (TPSA) is 61.3 Å². The molecule has 1 aromatic heterocycles. The Balaban J connectivity index is 2.29. The Bertz CT molecular complexity index is 480. The van der Waals surface area contributed by atoms with Crippen molar-refractivity contribution in [1.82, 2.24) is 4.98 Å². The summed E-state index contributed by atoms with van der Waals surface area (Å²) in [5.74, 6) is 0.598. The molecule has 86 valence electrons. The molecule has 2 aromatic rings. The van der Waals surface area contributed by atoms with Gasteiger partial charge in [-0.25, -0.2) is 4.98 Å². The Morgan fingerprint density at radius 1 is 1.56 bits per heavy atom. The molecule has 0 saturated heterocycles. The standard InChI is InChI=1S/C11H13ClN2O2/c1-15-7(6-13)5-10-14-9-4-2-3-8(12)11(9)16-10/h2-4,7H,5-6,13H2,1H3. The van der Waals surface area contributed by atoms with Gasteiger partial charge >= 0.3 is 0 Å². The Morgan fingerprint density at radius 3 is 3.00 bits per heavy atom. The zero-order valence-corrected chi connectivity index (χ0v) is 9.70. The molecule has 0 aliphatic carbocycles. The van der Waals surface area contributed by atoms with Crippen LogP contribution in [-0.4, -0.2) is 24.7 Å². The summed E-state index contributed by atoms with van der Waals surface area (Å²) in [5, 5.41) is 0.568. The van der Waals surface area contributed by atoms with Crippen LogP contribution in [0.1, 0.15) is 5.89 Å². The molecule has 16 heavy (non-hydrogen) atoms. The molecule has 0 amide bonds. The van der Waals surface area contributed by atoms with Crippen LogP contribution in [0.4, 0.5) is 0 Å². The van der Waals surface area contributed by atoms with Crippen molar-refractivity contribution in [2.24, 2.45) is 5.73 Å². The number of nitrogens with zero attached hydrogens (tertiary/aromatic N) is 1. The van der Waals surface area contributed by atoms with Gasteiger partial charge in [0.05, 0.1) is 17.5 Å². The summed E-state index contributed by atoms with van der Waals surface area (Å²) in [6, 6.07) is 5.47. The summed E-state index contributed by atoms with van der Waals surface area (Å²) in [7, 11) is 1.62. The highest BCUT2D eigenvalue weighted by Crippen LogP contribution is 2.24. The van der Waals surface area contributed by atoms with E-state index in [4.69, 9.17) is 26.5 Å². The van der Waals surface area contributed by atoms with Crippen molar-refractivity contribution in [1.29, 1.82) is 0 Å². The van der Waals surface area contributed by atoms with Gasteiger partial charge in [-0.1, -0.05) is 17.7 Å². The fraction of sp³-hybridized carbons (Fsp3) is 0.364. The molecule has 0 spiro atoms. The minimum absolute atomic E-state index is 0.0770. The number of benzene rings is 1. The largest absolute Gasteiger partial charge is 0.439 e. The van der Waals surface area contributed by atoms with E-state index in [2.05, 4.69) is 4.98 Å². The summed E-state index contributed by atoms with van der Waals surface area (Å²) < 4.78 is 10.7. The van der Waals surface area contributed by atoms with Gasteiger partial charge in [-0.05, 0) is 12.1 Å². The first-order chi connectivity index (χ1) is 7.74. The second kappa shape index (κ2) is 4.82. The summed E-state index contributed by atoms with van der Waals surface area (Å²) >= 11 is 5.98. The molecule has 0 fully saturated rings. The second-order valence-corrected chi connectivity index (χ2v) is 3.90. The molecule has 1 heterocycles. The Hall–Kier alpha value is -1.10. The number of nitrogens with two attached hydrogens (primary N) is 1. The summed E-state index contributed by atoms with van der Waals surface area (Å²) in [6.45, 7) is 0.433. The van der Waals surface area contributed by atoms with Crippen LogP contribution < -0.4 is 5.73 Å². The molecule has 1 atom stereocenters. The lowest BCUT2D eigenvalue weighted by Crippen LogP contribution is -2.24. The summed E-state index contributed by atoms with van der Waals surface area (Å²) in [5.41, 5.74) is 6.91. The molecule has 0 bridgehead atoms. The molecular weight excluding hydrogens is 228 g/mol. The SMILES string of the molecule is COC(CN)Cc1nc2cccc(Cl)c2o1. The van der Waals surface area contributed by atoms with Gasteiger partial charge < -0.3 is 14.9 Å². The summed E-state index contributed by atoms with van der Waals surface area (Å²) in [4.78, 5) is 4.32. The van der Waals surface area contributed by atoms with Crippen LogP contribution in [0.3, 0.4) is 0 Å². The van der Waals surface area contributed by atoms with Crippen molar-refractivity contribution in [2.75, 3.05) is 13.7 Å². The Labute approximate surface area is 98.3 Å². The second-order valence-electron chi connectivity index (χ2n) is 3.49. The molecule has 4 nitrogen and oxygen atoms in total. The lowest BCUT2D eigenvalue weighted by atomic mass is 10.2. The Morgan fingerprint density at radius 2 is 2.38 bits per heavy atom. The van der Waals surface area contributed by atoms with Crippen molar-refractivity contribution >= 4 is 22.7 Å². The number of methoxy groups -OCH3 is 1. The zero-order chi connectivity index (χ0) is 11.5. The number of para-hydroxylation sites is 1. The lowest BCUT2D eigenvalue weighted by Gasteiger charge is -2.09. The van der Waals surface area contributed by atoms with Crippen LogP contribution in [0, 0.1) is 0 Å². The van der Waals surface area contributed by atoms with Gasteiger partial charge in [0.25, 0.3) is 0 Å². The third-order valence-electron chi connectivity index (χ3n) is 2.41. The molecule has 1 unspecified atom stereocenters. The van der Waals surface area contributed by atoms with Crippen molar-refractivity contribution in [3.63, 3.8) is 0 Å². The molecule has 1 aromatic carbocycles. The molecule has 0 saturated carbocycles. The van der Waals surface area contributed by atoms with Gasteiger partial charge in [0, 0.05) is 13.7 Å². The van der Waals surface area contributed by atoms with E-state index in [-0.39, 0.29) is 6.10 Å². The zero-order valence-electron chi connectivity index (χ0n) is 8.94.